The van der Waals surface area contributed by atoms with Gasteiger partial charge < -0.3 is 14.1 Å². The summed E-state index contributed by atoms with van der Waals surface area (Å²) in [6.07, 6.45) is 1.46. The lowest BCUT2D eigenvalue weighted by molar-refractivity contribution is 0.0942. The number of furan rings is 1. The molecular formula is C16H16BrNO3. The van der Waals surface area contributed by atoms with E-state index < -0.39 is 0 Å². The maximum Gasteiger partial charge on any atom is 0.410 e. The Morgan fingerprint density at radius 1 is 1.33 bits per heavy atom. The number of carbonyl (C=O) groups excluding carboxylic acids is 1. The molecular weight excluding hydrogens is 334 g/mol. The van der Waals surface area contributed by atoms with Crippen molar-refractivity contribution in [1.82, 2.24) is 4.90 Å². The van der Waals surface area contributed by atoms with Crippen LogP contribution in [0.15, 0.2) is 45.5 Å². The predicted octanol–water partition coefficient (Wildman–Crippen LogP) is 4.13. The largest absolute Gasteiger partial charge is 0.454 e. The lowest BCUT2D eigenvalue weighted by atomic mass is 10.2. The van der Waals surface area contributed by atoms with Crippen molar-refractivity contribution in [1.29, 1.82) is 0 Å². The minimum absolute atomic E-state index is 0.274. The fraction of sp³-hybridized carbons (Fsp3) is 0.312. The molecule has 110 valence electrons. The van der Waals surface area contributed by atoms with E-state index in [2.05, 4.69) is 15.9 Å². The van der Waals surface area contributed by atoms with Crippen LogP contribution in [0.3, 0.4) is 0 Å². The summed E-state index contributed by atoms with van der Waals surface area (Å²) in [6.45, 7) is 1.53. The third kappa shape index (κ3) is 3.47. The van der Waals surface area contributed by atoms with Crippen LogP contribution in [-0.4, -0.2) is 17.5 Å². The van der Waals surface area contributed by atoms with Gasteiger partial charge in [0.05, 0.1) is 6.54 Å². The van der Waals surface area contributed by atoms with Gasteiger partial charge in [0.15, 0.2) is 4.67 Å². The molecule has 5 heteroatoms. The van der Waals surface area contributed by atoms with Gasteiger partial charge >= 0.3 is 6.09 Å². The molecule has 3 rings (SSSR count). The number of halogens is 1. The molecule has 21 heavy (non-hydrogen) atoms. The van der Waals surface area contributed by atoms with E-state index in [0.29, 0.717) is 24.4 Å². The molecule has 0 radical (unpaired) electrons. The van der Waals surface area contributed by atoms with E-state index in [9.17, 15) is 4.79 Å². The van der Waals surface area contributed by atoms with Crippen molar-refractivity contribution in [2.75, 3.05) is 6.54 Å². The minimum atomic E-state index is -0.274. The zero-order valence-electron chi connectivity index (χ0n) is 11.5. The van der Waals surface area contributed by atoms with Gasteiger partial charge in [0, 0.05) is 18.5 Å². The van der Waals surface area contributed by atoms with Crippen LogP contribution in [0.25, 0.3) is 0 Å². The molecule has 2 heterocycles. The highest BCUT2D eigenvalue weighted by atomic mass is 79.9. The van der Waals surface area contributed by atoms with Gasteiger partial charge in [-0.05, 0) is 34.0 Å². The summed E-state index contributed by atoms with van der Waals surface area (Å²) in [5, 5.41) is 0. The van der Waals surface area contributed by atoms with Gasteiger partial charge in [-0.1, -0.05) is 30.3 Å². The summed E-state index contributed by atoms with van der Waals surface area (Å²) in [4.78, 5) is 13.9. The highest BCUT2D eigenvalue weighted by molar-refractivity contribution is 9.10. The van der Waals surface area contributed by atoms with Crippen molar-refractivity contribution >= 4 is 22.0 Å². The smallest absolute Gasteiger partial charge is 0.410 e. The Hall–Kier alpha value is -1.75. The second kappa shape index (κ2) is 6.35. The van der Waals surface area contributed by atoms with Crippen molar-refractivity contribution in [2.45, 2.75) is 26.0 Å². The van der Waals surface area contributed by atoms with Crippen LogP contribution in [-0.2, 0) is 24.3 Å². The average Bonchev–Trinajstić information content (AvgIpc) is 2.73. The molecule has 0 saturated heterocycles. The zero-order valence-corrected chi connectivity index (χ0v) is 13.1. The summed E-state index contributed by atoms with van der Waals surface area (Å²) >= 11 is 3.33. The van der Waals surface area contributed by atoms with Crippen molar-refractivity contribution < 1.29 is 13.9 Å². The monoisotopic (exact) mass is 349 g/mol. The summed E-state index contributed by atoms with van der Waals surface area (Å²) in [6, 6.07) is 11.6. The first-order valence-corrected chi connectivity index (χ1v) is 7.74. The number of benzene rings is 1. The van der Waals surface area contributed by atoms with Crippen molar-refractivity contribution in [3.8, 4) is 0 Å². The Morgan fingerprint density at radius 2 is 2.14 bits per heavy atom. The van der Waals surface area contributed by atoms with Crippen LogP contribution < -0.4 is 0 Å². The van der Waals surface area contributed by atoms with E-state index >= 15 is 0 Å². The van der Waals surface area contributed by atoms with Gasteiger partial charge in [0.2, 0.25) is 0 Å². The highest BCUT2D eigenvalue weighted by Gasteiger charge is 2.22. The standard InChI is InChI=1S/C16H16BrNO3/c17-15-9-13-10-18(8-4-7-14(13)21-15)16(19)20-11-12-5-2-1-3-6-12/h1-3,5-6,9H,4,7-8,10-11H2. The van der Waals surface area contributed by atoms with E-state index in [-0.39, 0.29) is 6.09 Å². The van der Waals surface area contributed by atoms with Gasteiger partial charge in [-0.3, -0.25) is 0 Å². The van der Waals surface area contributed by atoms with E-state index in [1.807, 2.05) is 36.4 Å². The minimum Gasteiger partial charge on any atom is -0.454 e. The molecule has 4 nitrogen and oxygen atoms in total. The number of aryl methyl sites for hydroxylation is 1. The van der Waals surface area contributed by atoms with Crippen molar-refractivity contribution in [3.63, 3.8) is 0 Å². The van der Waals surface area contributed by atoms with Gasteiger partial charge in [0.1, 0.15) is 12.4 Å². The number of fused-ring (bicyclic) bond motifs is 1. The molecule has 1 aliphatic rings. The molecule has 0 fully saturated rings. The molecule has 1 amide bonds. The zero-order chi connectivity index (χ0) is 14.7. The number of hydrogen-bond donors (Lipinski definition) is 0. The molecule has 0 saturated carbocycles. The van der Waals surface area contributed by atoms with Crippen LogP contribution in [0.1, 0.15) is 23.3 Å². The molecule has 1 aromatic heterocycles. The summed E-state index contributed by atoms with van der Waals surface area (Å²) in [5.41, 5.74) is 2.04. The summed E-state index contributed by atoms with van der Waals surface area (Å²) < 4.78 is 11.7. The van der Waals surface area contributed by atoms with Crippen LogP contribution in [0.5, 0.6) is 0 Å². The normalized spacial score (nSPS) is 14.4. The third-order valence-corrected chi connectivity index (χ3v) is 3.91. The molecule has 0 unspecified atom stereocenters. The van der Waals surface area contributed by atoms with E-state index in [0.717, 1.165) is 29.7 Å². The second-order valence-electron chi connectivity index (χ2n) is 5.06. The molecule has 0 N–H and O–H groups in total. The lowest BCUT2D eigenvalue weighted by Crippen LogP contribution is -2.31. The topological polar surface area (TPSA) is 42.7 Å². The maximum atomic E-state index is 12.2. The first-order valence-electron chi connectivity index (χ1n) is 6.95. The Balaban J connectivity index is 1.62. The van der Waals surface area contributed by atoms with Crippen LogP contribution in [0.2, 0.25) is 0 Å². The summed E-state index contributed by atoms with van der Waals surface area (Å²) in [5.74, 6) is 0.959. The number of hydrogen-bond acceptors (Lipinski definition) is 3. The van der Waals surface area contributed by atoms with Gasteiger partial charge in [-0.25, -0.2) is 4.79 Å². The first kappa shape index (κ1) is 14.2. The SMILES string of the molecule is O=C(OCc1ccccc1)N1CCCc2oc(Br)cc2C1. The fourth-order valence-electron chi connectivity index (χ4n) is 2.46. The Morgan fingerprint density at radius 3 is 2.95 bits per heavy atom. The van der Waals surface area contributed by atoms with Crippen LogP contribution in [0, 0.1) is 0 Å². The number of rotatable bonds is 2. The Labute approximate surface area is 131 Å². The van der Waals surface area contributed by atoms with Gasteiger partial charge in [-0.2, -0.15) is 0 Å². The number of ether oxygens (including phenoxy) is 1. The average molecular weight is 350 g/mol. The highest BCUT2D eigenvalue weighted by Crippen LogP contribution is 2.26. The van der Waals surface area contributed by atoms with Gasteiger partial charge in [0.25, 0.3) is 0 Å². The molecule has 0 spiro atoms. The van der Waals surface area contributed by atoms with Gasteiger partial charge in [-0.15, -0.1) is 0 Å². The Bertz CT molecular complexity index is 624. The molecule has 1 aromatic carbocycles. The van der Waals surface area contributed by atoms with Crippen LogP contribution >= 0.6 is 15.9 Å². The summed E-state index contributed by atoms with van der Waals surface area (Å²) in [7, 11) is 0. The molecule has 0 bridgehead atoms. The van der Waals surface area contributed by atoms with Crippen molar-refractivity contribution in [3.05, 3.63) is 58.0 Å². The maximum absolute atomic E-state index is 12.2. The lowest BCUT2D eigenvalue weighted by Gasteiger charge is -2.19. The third-order valence-electron chi connectivity index (χ3n) is 3.52. The number of nitrogens with zero attached hydrogens (tertiary/aromatic N) is 1. The van der Waals surface area contributed by atoms with Crippen LogP contribution in [0.4, 0.5) is 4.79 Å². The molecule has 2 aromatic rings. The fourth-order valence-corrected chi connectivity index (χ4v) is 2.93. The van der Waals surface area contributed by atoms with Crippen molar-refractivity contribution in [2.24, 2.45) is 0 Å². The van der Waals surface area contributed by atoms with E-state index in [1.165, 1.54) is 0 Å². The predicted molar refractivity (Wildman–Crippen MR) is 81.8 cm³/mol. The molecule has 1 aliphatic heterocycles. The number of amides is 1. The van der Waals surface area contributed by atoms with E-state index in [4.69, 9.17) is 9.15 Å². The second-order valence-corrected chi connectivity index (χ2v) is 5.85. The Kier molecular flexibility index (Phi) is 4.29. The molecule has 0 aliphatic carbocycles. The van der Waals surface area contributed by atoms with E-state index in [1.54, 1.807) is 4.90 Å². The molecule has 0 atom stereocenters. The first-order chi connectivity index (χ1) is 10.2. The number of carbonyl (C=O) groups is 1. The quantitative estimate of drug-likeness (QED) is 0.818.